The predicted octanol–water partition coefficient (Wildman–Crippen LogP) is 2.64. The molecule has 0 amide bonds. The summed E-state index contributed by atoms with van der Waals surface area (Å²) in [5.41, 5.74) is 0.00811. The van der Waals surface area contributed by atoms with Crippen molar-refractivity contribution in [2.24, 2.45) is 0 Å². The fraction of sp³-hybridized carbons (Fsp3) is 0.176. The second-order valence-electron chi connectivity index (χ2n) is 4.98. The molecule has 0 heterocycles. The van der Waals surface area contributed by atoms with E-state index in [1.165, 1.54) is 19.1 Å². The van der Waals surface area contributed by atoms with Gasteiger partial charge in [-0.05, 0) is 37.5 Å². The van der Waals surface area contributed by atoms with Crippen LogP contribution in [-0.2, 0) is 15.4 Å². The summed E-state index contributed by atoms with van der Waals surface area (Å²) < 4.78 is 24.3. The van der Waals surface area contributed by atoms with Gasteiger partial charge in [0, 0.05) is 5.25 Å². The molecule has 2 aromatic rings. The Balaban J connectivity index is 2.35. The van der Waals surface area contributed by atoms with Crippen LogP contribution in [0.5, 0.6) is 0 Å². The van der Waals surface area contributed by atoms with Crippen molar-refractivity contribution in [3.63, 3.8) is 0 Å². The summed E-state index contributed by atoms with van der Waals surface area (Å²) in [7, 11) is -3.74. The van der Waals surface area contributed by atoms with Crippen LogP contribution in [-0.4, -0.2) is 13.5 Å². The molecule has 0 aliphatic carbocycles. The minimum atomic E-state index is -3.74. The molecule has 2 aromatic carbocycles. The van der Waals surface area contributed by atoms with Crippen molar-refractivity contribution < 1.29 is 13.5 Å². The van der Waals surface area contributed by atoms with E-state index in [2.05, 4.69) is 11.2 Å². The van der Waals surface area contributed by atoms with Crippen LogP contribution in [0, 0.1) is 18.1 Å². The van der Waals surface area contributed by atoms with E-state index in [9.17, 15) is 13.5 Å². The predicted molar refractivity (Wildman–Crippen MR) is 82.2 cm³/mol. The lowest BCUT2D eigenvalue weighted by Crippen LogP contribution is -2.18. The first-order chi connectivity index (χ1) is 9.81. The van der Waals surface area contributed by atoms with Gasteiger partial charge in [0.05, 0.1) is 4.90 Å². The lowest BCUT2D eigenvalue weighted by Gasteiger charge is -2.16. The topological polar surface area (TPSA) is 54.4 Å². The third-order valence-electron chi connectivity index (χ3n) is 3.10. The highest BCUT2D eigenvalue weighted by Gasteiger charge is 2.21. The van der Waals surface area contributed by atoms with Gasteiger partial charge in [-0.3, -0.25) is 0 Å². The fourth-order valence-electron chi connectivity index (χ4n) is 1.78. The standard InChI is InChI=1S/C17H16O3S/c1-14-8-10-16(11-9-14)21(19,20)13-12-17(2,18)15-6-4-3-5-7-15/h3-11,18H,1-2H3. The molecule has 2 rings (SSSR count). The Hall–Kier alpha value is -2.09. The van der Waals surface area contributed by atoms with Crippen molar-refractivity contribution in [3.05, 3.63) is 65.7 Å². The van der Waals surface area contributed by atoms with E-state index in [0.29, 0.717) is 5.56 Å². The van der Waals surface area contributed by atoms with Crippen molar-refractivity contribution in [3.8, 4) is 11.2 Å². The van der Waals surface area contributed by atoms with Gasteiger partial charge in [-0.2, -0.15) is 0 Å². The van der Waals surface area contributed by atoms with E-state index < -0.39 is 15.4 Å². The fourth-order valence-corrected chi connectivity index (χ4v) is 2.72. The molecular formula is C17H16O3S. The van der Waals surface area contributed by atoms with Crippen LogP contribution in [0.3, 0.4) is 0 Å². The molecule has 1 unspecified atom stereocenters. The first-order valence-corrected chi connectivity index (χ1v) is 7.93. The number of hydrogen-bond acceptors (Lipinski definition) is 3. The molecular weight excluding hydrogens is 284 g/mol. The van der Waals surface area contributed by atoms with E-state index in [1.54, 1.807) is 36.4 Å². The van der Waals surface area contributed by atoms with E-state index in [-0.39, 0.29) is 4.90 Å². The highest BCUT2D eigenvalue weighted by Crippen LogP contribution is 2.19. The molecule has 1 atom stereocenters. The number of aryl methyl sites for hydroxylation is 1. The van der Waals surface area contributed by atoms with Crippen molar-refractivity contribution in [1.29, 1.82) is 0 Å². The van der Waals surface area contributed by atoms with Crippen LogP contribution in [0.4, 0.5) is 0 Å². The number of benzene rings is 2. The quantitative estimate of drug-likeness (QED) is 0.685. The Morgan fingerprint density at radius 3 is 2.14 bits per heavy atom. The molecule has 0 fully saturated rings. The van der Waals surface area contributed by atoms with Crippen LogP contribution in [0.25, 0.3) is 0 Å². The molecule has 0 aliphatic heterocycles. The van der Waals surface area contributed by atoms with Gasteiger partial charge in [-0.1, -0.05) is 48.0 Å². The second kappa shape index (κ2) is 5.72. The molecule has 4 heteroatoms. The summed E-state index contributed by atoms with van der Waals surface area (Å²) in [4.78, 5) is 0.129. The van der Waals surface area contributed by atoms with Crippen LogP contribution >= 0.6 is 0 Å². The first kappa shape index (κ1) is 15.3. The Bertz CT molecular complexity index is 777. The van der Waals surface area contributed by atoms with Crippen LogP contribution in [0.2, 0.25) is 0 Å². The normalized spacial score (nSPS) is 13.9. The largest absolute Gasteiger partial charge is 0.374 e. The molecule has 0 aliphatic rings. The molecule has 0 spiro atoms. The Kier molecular flexibility index (Phi) is 4.17. The zero-order chi connectivity index (χ0) is 15.5. The van der Waals surface area contributed by atoms with Gasteiger partial charge >= 0.3 is 0 Å². The van der Waals surface area contributed by atoms with E-state index in [0.717, 1.165) is 5.56 Å². The van der Waals surface area contributed by atoms with E-state index >= 15 is 0 Å². The van der Waals surface area contributed by atoms with Crippen LogP contribution < -0.4 is 0 Å². The lowest BCUT2D eigenvalue weighted by molar-refractivity contribution is 0.122. The first-order valence-electron chi connectivity index (χ1n) is 6.45. The molecule has 0 aromatic heterocycles. The number of sulfone groups is 1. The van der Waals surface area contributed by atoms with Crippen molar-refractivity contribution in [2.75, 3.05) is 0 Å². The molecule has 0 saturated carbocycles. The third kappa shape index (κ3) is 3.72. The van der Waals surface area contributed by atoms with Gasteiger partial charge in [0.15, 0.2) is 0 Å². The number of aliphatic hydroxyl groups is 1. The van der Waals surface area contributed by atoms with Crippen molar-refractivity contribution >= 4 is 9.84 Å². The highest BCUT2D eigenvalue weighted by molar-refractivity contribution is 7.96. The summed E-state index contributed by atoms with van der Waals surface area (Å²) in [6.45, 7) is 3.35. The summed E-state index contributed by atoms with van der Waals surface area (Å²) in [5.74, 6) is 2.45. The van der Waals surface area contributed by atoms with Gasteiger partial charge in [0.2, 0.25) is 9.84 Å². The maximum Gasteiger partial charge on any atom is 0.245 e. The molecule has 0 radical (unpaired) electrons. The van der Waals surface area contributed by atoms with Crippen LogP contribution in [0.15, 0.2) is 59.5 Å². The zero-order valence-electron chi connectivity index (χ0n) is 11.9. The van der Waals surface area contributed by atoms with Gasteiger partial charge in [0.1, 0.15) is 5.60 Å². The average Bonchev–Trinajstić information content (AvgIpc) is 2.47. The minimum Gasteiger partial charge on any atom is -0.374 e. The molecule has 0 bridgehead atoms. The smallest absolute Gasteiger partial charge is 0.245 e. The summed E-state index contributed by atoms with van der Waals surface area (Å²) in [6.07, 6.45) is 0. The zero-order valence-corrected chi connectivity index (χ0v) is 12.7. The summed E-state index contributed by atoms with van der Waals surface area (Å²) in [6, 6.07) is 15.2. The molecule has 0 saturated heterocycles. The van der Waals surface area contributed by atoms with Crippen molar-refractivity contribution in [1.82, 2.24) is 0 Å². The molecule has 1 N–H and O–H groups in total. The maximum absolute atomic E-state index is 12.1. The summed E-state index contributed by atoms with van der Waals surface area (Å²) >= 11 is 0. The minimum absolute atomic E-state index is 0.129. The van der Waals surface area contributed by atoms with Gasteiger partial charge in [0.25, 0.3) is 0 Å². The average molecular weight is 300 g/mol. The Morgan fingerprint density at radius 1 is 1.00 bits per heavy atom. The maximum atomic E-state index is 12.1. The second-order valence-corrected chi connectivity index (χ2v) is 6.66. The molecule has 108 valence electrons. The van der Waals surface area contributed by atoms with E-state index in [4.69, 9.17) is 0 Å². The molecule has 3 nitrogen and oxygen atoms in total. The lowest BCUT2D eigenvalue weighted by atomic mass is 9.97. The summed E-state index contributed by atoms with van der Waals surface area (Å²) in [5, 5.41) is 12.5. The number of hydrogen-bond donors (Lipinski definition) is 1. The van der Waals surface area contributed by atoms with Crippen molar-refractivity contribution in [2.45, 2.75) is 24.3 Å². The van der Waals surface area contributed by atoms with Gasteiger partial charge < -0.3 is 5.11 Å². The monoisotopic (exact) mass is 300 g/mol. The number of rotatable bonds is 2. The Morgan fingerprint density at radius 2 is 1.57 bits per heavy atom. The molecule has 21 heavy (non-hydrogen) atoms. The van der Waals surface area contributed by atoms with E-state index in [1.807, 2.05) is 13.0 Å². The third-order valence-corrected chi connectivity index (χ3v) is 4.36. The van der Waals surface area contributed by atoms with Gasteiger partial charge in [-0.15, -0.1) is 0 Å². The Labute approximate surface area is 125 Å². The highest BCUT2D eigenvalue weighted by atomic mass is 32.2. The van der Waals surface area contributed by atoms with Crippen LogP contribution in [0.1, 0.15) is 18.1 Å². The SMILES string of the molecule is Cc1ccc(S(=O)(=O)C#CC(C)(O)c2ccccc2)cc1. The van der Waals surface area contributed by atoms with Gasteiger partial charge in [-0.25, -0.2) is 8.42 Å².